The quantitative estimate of drug-likeness (QED) is 0.638. The van der Waals surface area contributed by atoms with Gasteiger partial charge < -0.3 is 20.3 Å². The van der Waals surface area contributed by atoms with Crippen LogP contribution in [0.5, 0.6) is 5.75 Å². The summed E-state index contributed by atoms with van der Waals surface area (Å²) in [6.07, 6.45) is 4.78. The molecule has 154 valence electrons. The summed E-state index contributed by atoms with van der Waals surface area (Å²) in [4.78, 5) is 28.8. The van der Waals surface area contributed by atoms with Gasteiger partial charge in [-0.1, -0.05) is 18.7 Å². The number of nitrogens with two attached hydrogens (primary N) is 1. The first-order chi connectivity index (χ1) is 14.0. The number of likely N-dealkylation sites (tertiary alicyclic amines) is 1. The molecule has 1 aromatic carbocycles. The topological polar surface area (TPSA) is 99.9 Å². The first-order valence-electron chi connectivity index (χ1n) is 9.89. The van der Waals surface area contributed by atoms with Gasteiger partial charge in [0.05, 0.1) is 13.3 Å². The zero-order valence-electron chi connectivity index (χ0n) is 16.5. The molecule has 0 saturated carbocycles. The highest BCUT2D eigenvalue weighted by Gasteiger charge is 2.49. The minimum absolute atomic E-state index is 0.0481. The molecule has 0 bridgehead atoms. The van der Waals surface area contributed by atoms with E-state index < -0.39 is 12.2 Å². The lowest BCUT2D eigenvalue weighted by Gasteiger charge is -2.43. The Hall–Kier alpha value is -2.84. The summed E-state index contributed by atoms with van der Waals surface area (Å²) in [7, 11) is 1.63. The summed E-state index contributed by atoms with van der Waals surface area (Å²) in [6, 6.07) is 7.42. The Morgan fingerprint density at radius 1 is 1.34 bits per heavy atom. The Kier molecular flexibility index (Phi) is 5.29. The molecule has 0 spiro atoms. The molecule has 2 saturated heterocycles. The fraction of sp³-hybridized carbons (Fsp3) is 0.429. The van der Waals surface area contributed by atoms with Crippen molar-refractivity contribution in [1.29, 1.82) is 0 Å². The maximum Gasteiger partial charge on any atom is 0.257 e. The third kappa shape index (κ3) is 3.49. The summed E-state index contributed by atoms with van der Waals surface area (Å²) in [5.74, 6) is 0.401. The van der Waals surface area contributed by atoms with Crippen LogP contribution in [0.4, 0.5) is 0 Å². The molecule has 8 nitrogen and oxygen atoms in total. The Bertz CT molecular complexity index is 837. The Labute approximate surface area is 170 Å². The van der Waals surface area contributed by atoms with E-state index in [4.69, 9.17) is 10.5 Å². The van der Waals surface area contributed by atoms with Crippen molar-refractivity contribution in [3.8, 4) is 5.75 Å². The van der Waals surface area contributed by atoms with Crippen LogP contribution in [0.2, 0.25) is 0 Å². The summed E-state index contributed by atoms with van der Waals surface area (Å²) in [5, 5.41) is 0. The fourth-order valence-corrected chi connectivity index (χ4v) is 4.60. The number of piperidine rings is 1. The zero-order chi connectivity index (χ0) is 20.5. The summed E-state index contributed by atoms with van der Waals surface area (Å²) >= 11 is 0. The van der Waals surface area contributed by atoms with Crippen molar-refractivity contribution in [2.24, 2.45) is 11.7 Å². The standard InChI is InChI=1S/C21H27N5O3/c1-3-17(27)25-10-4-5-14(11-25)26-12-16(13-6-8-15(29-2)9-7-13)18-19(26)21(28)24-23-20(18)22/h3,6-9,12,14,18-20,23H,1,4-5,10-11,22H2,2H3,(H,24,28). The van der Waals surface area contributed by atoms with Gasteiger partial charge in [-0.05, 0) is 42.2 Å². The third-order valence-corrected chi connectivity index (χ3v) is 6.05. The average Bonchev–Trinajstić information content (AvgIpc) is 3.18. The number of amides is 2. The van der Waals surface area contributed by atoms with E-state index >= 15 is 0 Å². The Morgan fingerprint density at radius 2 is 2.10 bits per heavy atom. The van der Waals surface area contributed by atoms with E-state index in [0.717, 1.165) is 29.7 Å². The fourth-order valence-electron chi connectivity index (χ4n) is 4.60. The van der Waals surface area contributed by atoms with Gasteiger partial charge in [0, 0.05) is 31.2 Å². The monoisotopic (exact) mass is 397 g/mol. The smallest absolute Gasteiger partial charge is 0.257 e. The summed E-state index contributed by atoms with van der Waals surface area (Å²) in [5.41, 5.74) is 14.0. The highest BCUT2D eigenvalue weighted by molar-refractivity contribution is 5.89. The Balaban J connectivity index is 1.68. The molecule has 3 aliphatic heterocycles. The maximum atomic E-state index is 12.8. The van der Waals surface area contributed by atoms with Crippen LogP contribution in [0, 0.1) is 5.92 Å². The van der Waals surface area contributed by atoms with E-state index in [1.807, 2.05) is 24.3 Å². The molecule has 8 heteroatoms. The molecule has 0 radical (unpaired) electrons. The van der Waals surface area contributed by atoms with Crippen molar-refractivity contribution in [2.75, 3.05) is 20.2 Å². The maximum absolute atomic E-state index is 12.8. The van der Waals surface area contributed by atoms with Gasteiger partial charge in [0.1, 0.15) is 11.8 Å². The number of rotatable bonds is 4. The van der Waals surface area contributed by atoms with Crippen molar-refractivity contribution in [2.45, 2.75) is 31.1 Å². The van der Waals surface area contributed by atoms with Crippen LogP contribution in [0.25, 0.3) is 5.57 Å². The molecular formula is C21H27N5O3. The number of benzene rings is 1. The average molecular weight is 397 g/mol. The van der Waals surface area contributed by atoms with E-state index in [-0.39, 0.29) is 23.8 Å². The predicted octanol–water partition coefficient (Wildman–Crippen LogP) is 0.433. The molecule has 29 heavy (non-hydrogen) atoms. The number of carbonyl (C=O) groups is 2. The van der Waals surface area contributed by atoms with Gasteiger partial charge in [-0.15, -0.1) is 0 Å². The first kappa shape index (κ1) is 19.5. The molecule has 4 N–H and O–H groups in total. The lowest BCUT2D eigenvalue weighted by molar-refractivity contribution is -0.132. The van der Waals surface area contributed by atoms with E-state index in [0.29, 0.717) is 13.1 Å². The highest BCUT2D eigenvalue weighted by atomic mass is 16.5. The second-order valence-corrected chi connectivity index (χ2v) is 7.67. The number of carbonyl (C=O) groups excluding carboxylic acids is 2. The van der Waals surface area contributed by atoms with Crippen molar-refractivity contribution in [1.82, 2.24) is 20.7 Å². The van der Waals surface area contributed by atoms with Crippen molar-refractivity contribution in [3.63, 3.8) is 0 Å². The lowest BCUT2D eigenvalue weighted by atomic mass is 9.86. The van der Waals surface area contributed by atoms with Crippen molar-refractivity contribution in [3.05, 3.63) is 48.7 Å². The SMILES string of the molecule is C=CC(=O)N1CCCC(N2C=C(c3ccc(OC)cc3)C3C(N)NNC(=O)C32)C1. The number of fused-ring (bicyclic) bond motifs is 1. The van der Waals surface area contributed by atoms with Gasteiger partial charge in [-0.2, -0.15) is 0 Å². The third-order valence-electron chi connectivity index (χ3n) is 6.05. The van der Waals surface area contributed by atoms with Gasteiger partial charge in [-0.3, -0.25) is 15.0 Å². The van der Waals surface area contributed by atoms with Crippen LogP contribution < -0.4 is 21.3 Å². The molecule has 4 unspecified atom stereocenters. The molecule has 0 aliphatic carbocycles. The Morgan fingerprint density at radius 3 is 2.79 bits per heavy atom. The number of hydrogen-bond donors (Lipinski definition) is 3. The minimum atomic E-state index is -0.412. The second kappa shape index (κ2) is 7.88. The summed E-state index contributed by atoms with van der Waals surface area (Å²) < 4.78 is 5.26. The molecule has 3 heterocycles. The molecule has 1 aromatic rings. The number of hydrogen-bond acceptors (Lipinski definition) is 6. The summed E-state index contributed by atoms with van der Waals surface area (Å²) in [6.45, 7) is 4.88. The number of nitrogens with zero attached hydrogens (tertiary/aromatic N) is 2. The van der Waals surface area contributed by atoms with Crippen molar-refractivity contribution >= 4 is 17.4 Å². The number of nitrogens with one attached hydrogen (secondary N) is 2. The second-order valence-electron chi connectivity index (χ2n) is 7.67. The van der Waals surface area contributed by atoms with Gasteiger partial charge >= 0.3 is 0 Å². The van der Waals surface area contributed by atoms with Crippen LogP contribution in [-0.4, -0.2) is 60.1 Å². The molecule has 4 atom stereocenters. The van der Waals surface area contributed by atoms with Gasteiger partial charge in [-0.25, -0.2) is 5.43 Å². The zero-order valence-corrected chi connectivity index (χ0v) is 16.5. The predicted molar refractivity (Wildman–Crippen MR) is 109 cm³/mol. The number of ether oxygens (including phenoxy) is 1. The molecule has 2 fully saturated rings. The molecule has 3 aliphatic rings. The number of methoxy groups -OCH3 is 1. The van der Waals surface area contributed by atoms with Gasteiger partial charge in [0.25, 0.3) is 5.91 Å². The highest BCUT2D eigenvalue weighted by Crippen LogP contribution is 2.40. The first-order valence-corrected chi connectivity index (χ1v) is 9.89. The van der Waals surface area contributed by atoms with Gasteiger partial charge in [0.2, 0.25) is 5.91 Å². The molecule has 0 aromatic heterocycles. The lowest BCUT2D eigenvalue weighted by Crippen LogP contribution is -2.67. The molecule has 2 amide bonds. The van der Waals surface area contributed by atoms with Crippen molar-refractivity contribution < 1.29 is 14.3 Å². The van der Waals surface area contributed by atoms with E-state index in [1.54, 1.807) is 12.0 Å². The largest absolute Gasteiger partial charge is 0.497 e. The van der Waals surface area contributed by atoms with E-state index in [9.17, 15) is 9.59 Å². The van der Waals surface area contributed by atoms with Crippen LogP contribution in [-0.2, 0) is 9.59 Å². The van der Waals surface area contributed by atoms with Crippen LogP contribution in [0.1, 0.15) is 18.4 Å². The minimum Gasteiger partial charge on any atom is -0.497 e. The van der Waals surface area contributed by atoms with E-state index in [2.05, 4.69) is 28.5 Å². The number of hydrazine groups is 1. The molecular weight excluding hydrogens is 370 g/mol. The van der Waals surface area contributed by atoms with Crippen LogP contribution >= 0.6 is 0 Å². The van der Waals surface area contributed by atoms with Crippen LogP contribution in [0.3, 0.4) is 0 Å². The van der Waals surface area contributed by atoms with Gasteiger partial charge in [0.15, 0.2) is 0 Å². The normalized spacial score (nSPS) is 29.0. The van der Waals surface area contributed by atoms with E-state index in [1.165, 1.54) is 6.08 Å². The molecule has 4 rings (SSSR count). The van der Waals surface area contributed by atoms with Crippen LogP contribution in [0.15, 0.2) is 43.1 Å².